The molecule has 0 aromatic rings. The van der Waals surface area contributed by atoms with Gasteiger partial charge in [-0.25, -0.2) is 0 Å². The summed E-state index contributed by atoms with van der Waals surface area (Å²) in [6.45, 7) is 6.32. The van der Waals surface area contributed by atoms with Gasteiger partial charge in [0.2, 0.25) is 0 Å². The van der Waals surface area contributed by atoms with Gasteiger partial charge >= 0.3 is 17.9 Å². The molecule has 0 heterocycles. The highest BCUT2D eigenvalue weighted by Gasteiger charge is 2.19. The molecular weight excluding hydrogens is 997 g/mol. The molecule has 6 heteroatoms. The molecule has 0 saturated heterocycles. The molecular formula is C75H122O6. The Labute approximate surface area is 499 Å². The van der Waals surface area contributed by atoms with Crippen molar-refractivity contribution < 1.29 is 28.6 Å². The Balaban J connectivity index is 4.26. The summed E-state index contributed by atoms with van der Waals surface area (Å²) in [5.74, 6) is -0.998. The number of hydrogen-bond acceptors (Lipinski definition) is 6. The first-order valence-corrected chi connectivity index (χ1v) is 33.3. The number of carbonyl (C=O) groups is 3. The number of esters is 3. The van der Waals surface area contributed by atoms with Crippen molar-refractivity contribution in [1.29, 1.82) is 0 Å². The van der Waals surface area contributed by atoms with Crippen LogP contribution in [0.25, 0.3) is 0 Å². The molecule has 0 rings (SSSR count). The van der Waals surface area contributed by atoms with E-state index in [4.69, 9.17) is 14.2 Å². The lowest BCUT2D eigenvalue weighted by molar-refractivity contribution is -0.166. The van der Waals surface area contributed by atoms with Crippen molar-refractivity contribution >= 4 is 17.9 Å². The fourth-order valence-corrected chi connectivity index (χ4v) is 8.90. The number of unbranched alkanes of at least 4 members (excludes halogenated alkanes) is 24. The predicted molar refractivity (Wildman–Crippen MR) is 352 cm³/mol. The molecule has 1 atom stereocenters. The summed E-state index contributed by atoms with van der Waals surface area (Å²) in [6, 6.07) is 0. The number of hydrogen-bond donors (Lipinski definition) is 0. The van der Waals surface area contributed by atoms with Gasteiger partial charge in [-0.2, -0.15) is 0 Å². The van der Waals surface area contributed by atoms with Crippen LogP contribution < -0.4 is 0 Å². The molecule has 0 N–H and O–H groups in total. The zero-order chi connectivity index (χ0) is 58.5. The van der Waals surface area contributed by atoms with E-state index in [1.165, 1.54) is 128 Å². The Morgan fingerprint density at radius 3 is 0.827 bits per heavy atom. The van der Waals surface area contributed by atoms with Crippen molar-refractivity contribution in [2.75, 3.05) is 13.2 Å². The summed E-state index contributed by atoms with van der Waals surface area (Å²) in [7, 11) is 0. The quantitative estimate of drug-likeness (QED) is 0.0261. The monoisotopic (exact) mass is 1120 g/mol. The van der Waals surface area contributed by atoms with Crippen molar-refractivity contribution in [3.05, 3.63) is 146 Å². The van der Waals surface area contributed by atoms with E-state index >= 15 is 0 Å². The summed E-state index contributed by atoms with van der Waals surface area (Å²) in [5.41, 5.74) is 0. The van der Waals surface area contributed by atoms with Crippen molar-refractivity contribution in [2.45, 2.75) is 297 Å². The van der Waals surface area contributed by atoms with Gasteiger partial charge < -0.3 is 14.2 Å². The molecule has 6 nitrogen and oxygen atoms in total. The lowest BCUT2D eigenvalue weighted by Gasteiger charge is -2.18. The lowest BCUT2D eigenvalue weighted by atomic mass is 10.0. The van der Waals surface area contributed by atoms with E-state index < -0.39 is 6.10 Å². The average molecular weight is 1120 g/mol. The lowest BCUT2D eigenvalue weighted by Crippen LogP contribution is -2.30. The van der Waals surface area contributed by atoms with Crippen LogP contribution in [0.2, 0.25) is 0 Å². The minimum atomic E-state index is -0.816. The van der Waals surface area contributed by atoms with Crippen LogP contribution in [-0.4, -0.2) is 37.2 Å². The SMILES string of the molecule is CC/C=C\C/C=C\C/C=C\C/C=C\C/C=C\C/C=C\CCCCCCCCCCCCCCCCC(=O)OCC(COC(=O)CC/C=C\C/C=C\C/C=C\C/C=C\CC)OC(=O)CCCCCCCCC/C=C\C/C=C\CCCCC. The molecule has 0 aromatic carbocycles. The van der Waals surface area contributed by atoms with Gasteiger partial charge in [0.25, 0.3) is 0 Å². The maximum Gasteiger partial charge on any atom is 0.306 e. The standard InChI is InChI=1S/C75H122O6/c1-4-7-10-13-16-19-22-25-27-29-30-31-32-33-34-35-36-37-38-39-40-41-42-43-44-46-47-50-53-56-59-62-65-68-74(77)80-71-72(70-79-73(76)67-64-61-58-55-52-49-24-21-18-15-12-9-6-3)81-75(78)69-66-63-60-57-54-51-48-45-28-26-23-20-17-14-11-8-5-2/h7,9-10,12,16-21,25-28,30-31,33-34,36-37,49,52,58,61,72H,4-6,8,11,13-15,22-24,29,32,35,38-48,50-51,53-57,59-60,62-71H2,1-3H3/b10-7-,12-9-,19-16-,20-17-,21-18-,27-25-,28-26-,31-30-,34-33-,37-36-,52-49-,61-58-. The number of carbonyl (C=O) groups excluding carboxylic acids is 3. The summed E-state index contributed by atoms with van der Waals surface area (Å²) in [5, 5.41) is 0. The van der Waals surface area contributed by atoms with E-state index in [9.17, 15) is 14.4 Å². The van der Waals surface area contributed by atoms with Gasteiger partial charge in [-0.15, -0.1) is 0 Å². The highest BCUT2D eigenvalue weighted by atomic mass is 16.6. The van der Waals surface area contributed by atoms with Crippen LogP contribution in [0, 0.1) is 0 Å². The second-order valence-electron chi connectivity index (χ2n) is 21.6. The maximum absolute atomic E-state index is 12.9. The van der Waals surface area contributed by atoms with Gasteiger partial charge in [0.1, 0.15) is 13.2 Å². The Kier molecular flexibility index (Phi) is 63.9. The van der Waals surface area contributed by atoms with Crippen LogP contribution in [0.1, 0.15) is 290 Å². The molecule has 0 aliphatic rings. The Bertz CT molecular complexity index is 1760. The first-order valence-electron chi connectivity index (χ1n) is 33.3. The average Bonchev–Trinajstić information content (AvgIpc) is 3.46. The Morgan fingerprint density at radius 1 is 0.259 bits per heavy atom. The van der Waals surface area contributed by atoms with E-state index in [1.807, 2.05) is 6.08 Å². The van der Waals surface area contributed by atoms with Crippen LogP contribution in [0.3, 0.4) is 0 Å². The molecule has 0 aliphatic heterocycles. The number of rotatable bonds is 59. The third kappa shape index (κ3) is 66.0. The molecule has 0 amide bonds. The third-order valence-electron chi connectivity index (χ3n) is 13.8. The van der Waals surface area contributed by atoms with Crippen molar-refractivity contribution in [3.63, 3.8) is 0 Å². The first kappa shape index (κ1) is 76.3. The summed E-state index contributed by atoms with van der Waals surface area (Å²) >= 11 is 0. The fraction of sp³-hybridized carbons (Fsp3) is 0.640. The second-order valence-corrected chi connectivity index (χ2v) is 21.6. The zero-order valence-corrected chi connectivity index (χ0v) is 52.5. The molecule has 81 heavy (non-hydrogen) atoms. The summed E-state index contributed by atoms with van der Waals surface area (Å²) in [4.78, 5) is 38.3. The highest BCUT2D eigenvalue weighted by Crippen LogP contribution is 2.16. The largest absolute Gasteiger partial charge is 0.462 e. The van der Waals surface area contributed by atoms with Crippen LogP contribution in [-0.2, 0) is 28.6 Å². The predicted octanol–water partition coefficient (Wildman–Crippen LogP) is 23.1. The smallest absolute Gasteiger partial charge is 0.306 e. The van der Waals surface area contributed by atoms with Gasteiger partial charge in [0.15, 0.2) is 6.10 Å². The molecule has 0 radical (unpaired) electrons. The van der Waals surface area contributed by atoms with Gasteiger partial charge in [-0.1, -0.05) is 289 Å². The molecule has 0 fully saturated rings. The van der Waals surface area contributed by atoms with Crippen LogP contribution >= 0.6 is 0 Å². The van der Waals surface area contributed by atoms with Gasteiger partial charge in [0.05, 0.1) is 0 Å². The van der Waals surface area contributed by atoms with Crippen molar-refractivity contribution in [1.82, 2.24) is 0 Å². The van der Waals surface area contributed by atoms with Crippen LogP contribution in [0.15, 0.2) is 146 Å². The van der Waals surface area contributed by atoms with Gasteiger partial charge in [-0.3, -0.25) is 14.4 Å². The fourth-order valence-electron chi connectivity index (χ4n) is 8.90. The molecule has 0 bridgehead atoms. The number of allylic oxidation sites excluding steroid dienone is 24. The zero-order valence-electron chi connectivity index (χ0n) is 52.5. The maximum atomic E-state index is 12.9. The Hall–Kier alpha value is -4.71. The Morgan fingerprint density at radius 2 is 0.506 bits per heavy atom. The highest BCUT2D eigenvalue weighted by molar-refractivity contribution is 5.71. The van der Waals surface area contributed by atoms with E-state index in [1.54, 1.807) is 0 Å². The van der Waals surface area contributed by atoms with Crippen molar-refractivity contribution in [2.24, 2.45) is 0 Å². The second kappa shape index (κ2) is 67.8. The van der Waals surface area contributed by atoms with E-state index in [0.717, 1.165) is 116 Å². The third-order valence-corrected chi connectivity index (χ3v) is 13.8. The minimum Gasteiger partial charge on any atom is -0.462 e. The van der Waals surface area contributed by atoms with Crippen molar-refractivity contribution in [3.8, 4) is 0 Å². The molecule has 0 saturated carbocycles. The number of ether oxygens (including phenoxy) is 3. The normalized spacial score (nSPS) is 13.1. The van der Waals surface area contributed by atoms with E-state index in [2.05, 4.69) is 161 Å². The minimum absolute atomic E-state index is 0.106. The summed E-state index contributed by atoms with van der Waals surface area (Å²) in [6.07, 6.45) is 97.4. The van der Waals surface area contributed by atoms with Crippen LogP contribution in [0.5, 0.6) is 0 Å². The molecule has 1 unspecified atom stereocenters. The molecule has 0 spiro atoms. The summed E-state index contributed by atoms with van der Waals surface area (Å²) < 4.78 is 16.8. The van der Waals surface area contributed by atoms with Crippen LogP contribution in [0.4, 0.5) is 0 Å². The molecule has 0 aliphatic carbocycles. The first-order chi connectivity index (χ1) is 40.0. The van der Waals surface area contributed by atoms with Gasteiger partial charge in [-0.05, 0) is 128 Å². The van der Waals surface area contributed by atoms with E-state index in [0.29, 0.717) is 19.3 Å². The topological polar surface area (TPSA) is 78.9 Å². The molecule has 458 valence electrons. The van der Waals surface area contributed by atoms with Gasteiger partial charge in [0, 0.05) is 19.3 Å². The molecule has 0 aromatic heterocycles. The van der Waals surface area contributed by atoms with E-state index in [-0.39, 0.29) is 37.5 Å².